The van der Waals surface area contributed by atoms with Crippen LogP contribution in [-0.4, -0.2) is 27.9 Å². The number of pyridine rings is 1. The predicted molar refractivity (Wildman–Crippen MR) is 116 cm³/mol. The number of rotatable bonds is 4. The molecule has 0 saturated heterocycles. The van der Waals surface area contributed by atoms with Gasteiger partial charge in [-0.1, -0.05) is 30.3 Å². The molecule has 0 spiro atoms. The van der Waals surface area contributed by atoms with Gasteiger partial charge in [-0.2, -0.15) is 4.98 Å². The van der Waals surface area contributed by atoms with Crippen LogP contribution in [0.5, 0.6) is 0 Å². The molecule has 7 heteroatoms. The van der Waals surface area contributed by atoms with E-state index in [1.165, 1.54) is 6.92 Å². The number of fused-ring (bicyclic) bond motifs is 1. The van der Waals surface area contributed by atoms with Crippen molar-refractivity contribution < 1.29 is 4.79 Å². The number of nitrogens with two attached hydrogens (primary N) is 1. The van der Waals surface area contributed by atoms with Gasteiger partial charge in [-0.15, -0.1) is 0 Å². The fraction of sp³-hybridized carbons (Fsp3) is 0.0909. The zero-order chi connectivity index (χ0) is 20.4. The highest BCUT2D eigenvalue weighted by molar-refractivity contribution is 5.91. The summed E-state index contributed by atoms with van der Waals surface area (Å²) in [5.74, 6) is 0.727. The van der Waals surface area contributed by atoms with E-state index >= 15 is 0 Å². The summed E-state index contributed by atoms with van der Waals surface area (Å²) in [6.07, 6.45) is 0. The molecule has 144 valence electrons. The number of carbonyl (C=O) groups is 1. The number of hydrogen-bond acceptors (Lipinski definition) is 6. The van der Waals surface area contributed by atoms with Gasteiger partial charge in [0.05, 0.1) is 11.2 Å². The highest BCUT2D eigenvalue weighted by Crippen LogP contribution is 2.30. The van der Waals surface area contributed by atoms with E-state index in [2.05, 4.69) is 15.3 Å². The van der Waals surface area contributed by atoms with Crippen molar-refractivity contribution in [2.75, 3.05) is 23.0 Å². The number of anilines is 4. The molecule has 29 heavy (non-hydrogen) atoms. The fourth-order valence-electron chi connectivity index (χ4n) is 3.11. The van der Waals surface area contributed by atoms with Crippen molar-refractivity contribution in [3.63, 3.8) is 0 Å². The molecular formula is C22H20N6O. The highest BCUT2D eigenvalue weighted by atomic mass is 16.1. The second kappa shape index (κ2) is 7.55. The van der Waals surface area contributed by atoms with Crippen molar-refractivity contribution in [2.24, 2.45) is 0 Å². The maximum absolute atomic E-state index is 11.2. The average Bonchev–Trinajstić information content (AvgIpc) is 2.73. The Labute approximate surface area is 168 Å². The number of hydrogen-bond donors (Lipinski definition) is 2. The van der Waals surface area contributed by atoms with Gasteiger partial charge in [0.25, 0.3) is 0 Å². The lowest BCUT2D eigenvalue weighted by Gasteiger charge is -2.20. The average molecular weight is 384 g/mol. The molecule has 0 aliphatic carbocycles. The minimum absolute atomic E-state index is 0.107. The number of nitrogen functional groups attached to an aromatic ring is 1. The molecule has 0 aliphatic rings. The Morgan fingerprint density at radius 3 is 2.34 bits per heavy atom. The van der Waals surface area contributed by atoms with Gasteiger partial charge in [-0.05, 0) is 36.4 Å². The maximum Gasteiger partial charge on any atom is 0.222 e. The van der Waals surface area contributed by atoms with Gasteiger partial charge < -0.3 is 16.0 Å². The summed E-state index contributed by atoms with van der Waals surface area (Å²) >= 11 is 0. The third-order valence-electron chi connectivity index (χ3n) is 4.50. The summed E-state index contributed by atoms with van der Waals surface area (Å²) in [4.78, 5) is 26.7. The van der Waals surface area contributed by atoms with E-state index in [1.807, 2.05) is 78.7 Å². The quantitative estimate of drug-likeness (QED) is 0.552. The Kier molecular flexibility index (Phi) is 4.78. The zero-order valence-electron chi connectivity index (χ0n) is 16.1. The number of aromatic nitrogens is 3. The maximum atomic E-state index is 11.2. The SMILES string of the molecule is CC(=O)Nc1ccc(-c2ccc3nc(N)nc(N(C)c4ccccc4)c3n2)cc1. The largest absolute Gasteiger partial charge is 0.368 e. The predicted octanol–water partition coefficient (Wildman–Crippen LogP) is 4.00. The standard InChI is InChI=1S/C22H20N6O/c1-14(29)24-16-10-8-15(9-11-16)18-12-13-19-20(25-18)21(27-22(23)26-19)28(2)17-6-4-3-5-7-17/h3-13H,1-2H3,(H,24,29)(H2,23,26,27). The minimum atomic E-state index is -0.107. The van der Waals surface area contributed by atoms with E-state index in [0.29, 0.717) is 16.9 Å². The number of amides is 1. The Balaban J connectivity index is 1.79. The summed E-state index contributed by atoms with van der Waals surface area (Å²) in [5, 5.41) is 2.76. The van der Waals surface area contributed by atoms with Crippen LogP contribution in [0.2, 0.25) is 0 Å². The Hall–Kier alpha value is -4.00. The number of carbonyl (C=O) groups excluding carboxylic acids is 1. The highest BCUT2D eigenvalue weighted by Gasteiger charge is 2.15. The van der Waals surface area contributed by atoms with Crippen molar-refractivity contribution in [3.8, 4) is 11.3 Å². The molecule has 0 aliphatic heterocycles. The van der Waals surface area contributed by atoms with Gasteiger partial charge in [0.2, 0.25) is 11.9 Å². The molecule has 2 aromatic heterocycles. The van der Waals surface area contributed by atoms with Crippen molar-refractivity contribution >= 4 is 40.1 Å². The van der Waals surface area contributed by atoms with Crippen molar-refractivity contribution in [1.82, 2.24) is 15.0 Å². The van der Waals surface area contributed by atoms with Gasteiger partial charge in [0.15, 0.2) is 5.82 Å². The smallest absolute Gasteiger partial charge is 0.222 e. The van der Waals surface area contributed by atoms with Crippen LogP contribution < -0.4 is 16.0 Å². The third kappa shape index (κ3) is 3.84. The molecule has 0 fully saturated rings. The molecule has 0 atom stereocenters. The molecule has 2 heterocycles. The monoisotopic (exact) mass is 384 g/mol. The molecule has 4 aromatic rings. The van der Waals surface area contributed by atoms with Gasteiger partial charge in [-0.25, -0.2) is 9.97 Å². The zero-order valence-corrected chi connectivity index (χ0v) is 16.1. The summed E-state index contributed by atoms with van der Waals surface area (Å²) in [6, 6.07) is 21.2. The first-order chi connectivity index (χ1) is 14.0. The van der Waals surface area contributed by atoms with Crippen LogP contribution in [0, 0.1) is 0 Å². The molecule has 4 rings (SSSR count). The molecule has 0 radical (unpaired) electrons. The van der Waals surface area contributed by atoms with Crippen LogP contribution in [0.1, 0.15) is 6.92 Å². The lowest BCUT2D eigenvalue weighted by molar-refractivity contribution is -0.114. The lowest BCUT2D eigenvalue weighted by Crippen LogP contribution is -2.14. The number of nitrogens with zero attached hydrogens (tertiary/aromatic N) is 4. The summed E-state index contributed by atoms with van der Waals surface area (Å²) in [6.45, 7) is 1.48. The fourth-order valence-corrected chi connectivity index (χ4v) is 3.11. The molecular weight excluding hydrogens is 364 g/mol. The number of nitrogens with one attached hydrogen (secondary N) is 1. The van der Waals surface area contributed by atoms with Crippen LogP contribution in [0.25, 0.3) is 22.3 Å². The van der Waals surface area contributed by atoms with E-state index in [1.54, 1.807) is 0 Å². The summed E-state index contributed by atoms with van der Waals surface area (Å²) in [5.41, 5.74) is 10.7. The van der Waals surface area contributed by atoms with Crippen LogP contribution in [0.3, 0.4) is 0 Å². The first kappa shape index (κ1) is 18.4. The van der Waals surface area contributed by atoms with E-state index < -0.39 is 0 Å². The molecule has 7 nitrogen and oxygen atoms in total. The van der Waals surface area contributed by atoms with E-state index in [4.69, 9.17) is 10.7 Å². The first-order valence-corrected chi connectivity index (χ1v) is 9.12. The summed E-state index contributed by atoms with van der Waals surface area (Å²) < 4.78 is 0. The number of para-hydroxylation sites is 1. The molecule has 1 amide bonds. The van der Waals surface area contributed by atoms with Gasteiger partial charge in [0.1, 0.15) is 5.52 Å². The minimum Gasteiger partial charge on any atom is -0.368 e. The van der Waals surface area contributed by atoms with E-state index in [-0.39, 0.29) is 11.9 Å². The van der Waals surface area contributed by atoms with Crippen molar-refractivity contribution in [3.05, 3.63) is 66.7 Å². The third-order valence-corrected chi connectivity index (χ3v) is 4.50. The van der Waals surface area contributed by atoms with Gasteiger partial charge >= 0.3 is 0 Å². The molecule has 3 N–H and O–H groups in total. The summed E-state index contributed by atoms with van der Waals surface area (Å²) in [7, 11) is 1.92. The van der Waals surface area contributed by atoms with Gasteiger partial charge in [0, 0.05) is 30.9 Å². The Bertz CT molecular complexity index is 1180. The normalized spacial score (nSPS) is 10.7. The second-order valence-corrected chi connectivity index (χ2v) is 6.62. The molecule has 0 saturated carbocycles. The van der Waals surface area contributed by atoms with Gasteiger partial charge in [-0.3, -0.25) is 4.79 Å². The van der Waals surface area contributed by atoms with Crippen LogP contribution >= 0.6 is 0 Å². The molecule has 0 unspecified atom stereocenters. The molecule has 2 aromatic carbocycles. The van der Waals surface area contributed by atoms with Crippen LogP contribution in [0.4, 0.5) is 23.1 Å². The second-order valence-electron chi connectivity index (χ2n) is 6.62. The Morgan fingerprint density at radius 1 is 0.931 bits per heavy atom. The molecule has 0 bridgehead atoms. The number of benzene rings is 2. The Morgan fingerprint density at radius 2 is 1.66 bits per heavy atom. The first-order valence-electron chi connectivity index (χ1n) is 9.12. The lowest BCUT2D eigenvalue weighted by atomic mass is 10.1. The van der Waals surface area contributed by atoms with Crippen molar-refractivity contribution in [1.29, 1.82) is 0 Å². The topological polar surface area (TPSA) is 97.0 Å². The van der Waals surface area contributed by atoms with E-state index in [9.17, 15) is 4.79 Å². The van der Waals surface area contributed by atoms with E-state index in [0.717, 1.165) is 22.6 Å². The van der Waals surface area contributed by atoms with Crippen LogP contribution in [0.15, 0.2) is 66.7 Å². The van der Waals surface area contributed by atoms with Crippen LogP contribution in [-0.2, 0) is 4.79 Å². The van der Waals surface area contributed by atoms with Crippen molar-refractivity contribution in [2.45, 2.75) is 6.92 Å².